The fourth-order valence-electron chi connectivity index (χ4n) is 1.76. The highest BCUT2D eigenvalue weighted by atomic mass is 35.5. The summed E-state index contributed by atoms with van der Waals surface area (Å²) < 4.78 is 1.36. The number of nitrogens with one attached hydrogen (secondary N) is 2. The number of H-pyrrole nitrogens is 1. The van der Waals surface area contributed by atoms with Gasteiger partial charge >= 0.3 is 5.69 Å². The highest BCUT2D eigenvalue weighted by molar-refractivity contribution is 6.21. The van der Waals surface area contributed by atoms with Gasteiger partial charge in [0.25, 0.3) is 0 Å². The Bertz CT molecular complexity index is 571. The smallest absolute Gasteiger partial charge is 0.348 e. The Labute approximate surface area is 95.6 Å². The van der Waals surface area contributed by atoms with Gasteiger partial charge in [-0.3, -0.25) is 0 Å². The Hall–Kier alpha value is -1.56. The van der Waals surface area contributed by atoms with E-state index in [4.69, 9.17) is 11.6 Å². The molecular weight excluding hydrogens is 230 g/mol. The molecule has 2 aromatic heterocycles. The van der Waals surface area contributed by atoms with Crippen LogP contribution >= 0.6 is 11.6 Å². The predicted molar refractivity (Wildman–Crippen MR) is 59.9 cm³/mol. The average molecular weight is 240 g/mol. The van der Waals surface area contributed by atoms with Crippen molar-refractivity contribution in [1.29, 1.82) is 0 Å². The van der Waals surface area contributed by atoms with Crippen LogP contribution in [0.25, 0.3) is 5.65 Å². The Balaban J connectivity index is 1.85. The van der Waals surface area contributed by atoms with Crippen LogP contribution in [0.5, 0.6) is 0 Å². The maximum Gasteiger partial charge on any atom is 0.348 e. The second kappa shape index (κ2) is 3.48. The molecule has 1 aliphatic carbocycles. The van der Waals surface area contributed by atoms with Crippen molar-refractivity contribution in [3.05, 3.63) is 22.9 Å². The van der Waals surface area contributed by atoms with Crippen LogP contribution in [0.3, 0.4) is 0 Å². The van der Waals surface area contributed by atoms with Crippen LogP contribution in [0.4, 0.5) is 5.82 Å². The lowest BCUT2D eigenvalue weighted by molar-refractivity contribution is 0.453. The van der Waals surface area contributed by atoms with Gasteiger partial charge in [-0.05, 0) is 12.8 Å². The fourth-order valence-corrected chi connectivity index (χ4v) is 2.19. The van der Waals surface area contributed by atoms with E-state index in [0.717, 1.165) is 18.7 Å². The number of halogens is 1. The quantitative estimate of drug-likeness (QED) is 0.753. The summed E-state index contributed by atoms with van der Waals surface area (Å²) in [6.45, 7) is 0. The molecule has 84 valence electrons. The molecule has 2 N–H and O–H groups in total. The second-order valence-corrected chi connectivity index (χ2v) is 4.56. The van der Waals surface area contributed by atoms with Gasteiger partial charge in [0.2, 0.25) is 0 Å². The summed E-state index contributed by atoms with van der Waals surface area (Å²) in [6.07, 6.45) is 3.35. The molecule has 7 heteroatoms. The molecule has 6 nitrogen and oxygen atoms in total. The number of rotatable bonds is 2. The SMILES string of the molecule is O=c1[nH]nc2cc(NC3CC(Cl)C3)ncn12. The van der Waals surface area contributed by atoms with Crippen molar-refractivity contribution in [2.75, 3.05) is 5.32 Å². The van der Waals surface area contributed by atoms with Gasteiger partial charge in [-0.15, -0.1) is 11.6 Å². The monoisotopic (exact) mass is 239 g/mol. The summed E-state index contributed by atoms with van der Waals surface area (Å²) in [5, 5.41) is 9.74. The zero-order valence-corrected chi connectivity index (χ0v) is 9.11. The molecule has 0 bridgehead atoms. The molecule has 2 aromatic rings. The molecule has 0 unspecified atom stereocenters. The van der Waals surface area contributed by atoms with Gasteiger partial charge in [-0.1, -0.05) is 0 Å². The maximum absolute atomic E-state index is 11.2. The van der Waals surface area contributed by atoms with E-state index in [1.165, 1.54) is 10.7 Å². The molecule has 0 saturated heterocycles. The van der Waals surface area contributed by atoms with E-state index in [-0.39, 0.29) is 11.1 Å². The minimum absolute atomic E-state index is 0.272. The normalized spacial score (nSPS) is 24.3. The average Bonchev–Trinajstić information content (AvgIpc) is 2.58. The molecular formula is C9H10ClN5O. The molecule has 16 heavy (non-hydrogen) atoms. The van der Waals surface area contributed by atoms with Gasteiger partial charge in [0.15, 0.2) is 5.65 Å². The van der Waals surface area contributed by atoms with Crippen molar-refractivity contribution in [2.24, 2.45) is 0 Å². The van der Waals surface area contributed by atoms with Crippen LogP contribution in [-0.2, 0) is 0 Å². The highest BCUT2D eigenvalue weighted by Crippen LogP contribution is 2.27. The van der Waals surface area contributed by atoms with Gasteiger partial charge in [0, 0.05) is 17.5 Å². The number of nitrogens with zero attached hydrogens (tertiary/aromatic N) is 3. The minimum Gasteiger partial charge on any atom is -0.367 e. The molecule has 0 radical (unpaired) electrons. The molecule has 0 amide bonds. The lowest BCUT2D eigenvalue weighted by atomic mass is 9.92. The van der Waals surface area contributed by atoms with Crippen LogP contribution in [0.15, 0.2) is 17.2 Å². The third-order valence-electron chi connectivity index (χ3n) is 2.74. The van der Waals surface area contributed by atoms with Crippen molar-refractivity contribution >= 4 is 23.1 Å². The van der Waals surface area contributed by atoms with Gasteiger partial charge in [0.05, 0.1) is 0 Å². The van der Waals surface area contributed by atoms with Crippen molar-refractivity contribution in [3.8, 4) is 0 Å². The fraction of sp³-hybridized carbons (Fsp3) is 0.444. The predicted octanol–water partition coefficient (Wildman–Crippen LogP) is 0.599. The number of fused-ring (bicyclic) bond motifs is 1. The van der Waals surface area contributed by atoms with E-state index in [9.17, 15) is 4.79 Å². The minimum atomic E-state index is -0.279. The van der Waals surface area contributed by atoms with Crippen LogP contribution in [0.1, 0.15) is 12.8 Å². The summed E-state index contributed by atoms with van der Waals surface area (Å²) in [7, 11) is 0. The Morgan fingerprint density at radius 2 is 2.38 bits per heavy atom. The molecule has 3 rings (SSSR count). The largest absolute Gasteiger partial charge is 0.367 e. The molecule has 1 saturated carbocycles. The van der Waals surface area contributed by atoms with Crippen molar-refractivity contribution < 1.29 is 0 Å². The van der Waals surface area contributed by atoms with Crippen molar-refractivity contribution in [2.45, 2.75) is 24.3 Å². The van der Waals surface area contributed by atoms with Crippen LogP contribution in [-0.4, -0.2) is 31.0 Å². The number of anilines is 1. The lowest BCUT2D eigenvalue weighted by Gasteiger charge is -2.31. The second-order valence-electron chi connectivity index (χ2n) is 3.94. The lowest BCUT2D eigenvalue weighted by Crippen LogP contribution is -2.36. The van der Waals surface area contributed by atoms with E-state index in [1.54, 1.807) is 6.07 Å². The Morgan fingerprint density at radius 1 is 1.56 bits per heavy atom. The first-order valence-electron chi connectivity index (χ1n) is 5.06. The first kappa shape index (κ1) is 9.65. The van der Waals surface area contributed by atoms with E-state index in [0.29, 0.717) is 11.7 Å². The van der Waals surface area contributed by atoms with Crippen LogP contribution in [0.2, 0.25) is 0 Å². The van der Waals surface area contributed by atoms with E-state index >= 15 is 0 Å². The Kier molecular flexibility index (Phi) is 2.10. The van der Waals surface area contributed by atoms with Crippen molar-refractivity contribution in [1.82, 2.24) is 19.6 Å². The molecule has 0 spiro atoms. The zero-order valence-electron chi connectivity index (χ0n) is 8.35. The zero-order chi connectivity index (χ0) is 11.1. The topological polar surface area (TPSA) is 75.1 Å². The summed E-state index contributed by atoms with van der Waals surface area (Å²) >= 11 is 5.89. The molecule has 2 heterocycles. The van der Waals surface area contributed by atoms with E-state index in [2.05, 4.69) is 20.5 Å². The van der Waals surface area contributed by atoms with E-state index in [1.807, 2.05) is 0 Å². The van der Waals surface area contributed by atoms with Gasteiger partial charge in [-0.25, -0.2) is 19.3 Å². The number of hydrogen-bond donors (Lipinski definition) is 2. The first-order chi connectivity index (χ1) is 7.72. The summed E-state index contributed by atoms with van der Waals surface area (Å²) in [5.41, 5.74) is 0.280. The molecule has 0 aromatic carbocycles. The highest BCUT2D eigenvalue weighted by Gasteiger charge is 2.27. The summed E-state index contributed by atoms with van der Waals surface area (Å²) in [5.74, 6) is 0.722. The molecule has 1 aliphatic rings. The number of alkyl halides is 1. The first-order valence-corrected chi connectivity index (χ1v) is 5.49. The van der Waals surface area contributed by atoms with Crippen LogP contribution < -0.4 is 11.0 Å². The standard InChI is InChI=1S/C9H10ClN5O/c10-5-1-6(2-5)12-7-3-8-13-14-9(16)15(8)4-11-7/h3-6,12H,1-2H2,(H,14,16). The maximum atomic E-state index is 11.2. The number of hydrogen-bond acceptors (Lipinski definition) is 4. The van der Waals surface area contributed by atoms with Crippen molar-refractivity contribution in [3.63, 3.8) is 0 Å². The van der Waals surface area contributed by atoms with Gasteiger partial charge in [0.1, 0.15) is 12.1 Å². The molecule has 0 atom stereocenters. The number of aromatic nitrogens is 4. The Morgan fingerprint density at radius 3 is 3.12 bits per heavy atom. The van der Waals surface area contributed by atoms with Gasteiger partial charge in [-0.2, -0.15) is 5.10 Å². The summed E-state index contributed by atoms with van der Waals surface area (Å²) in [4.78, 5) is 15.3. The molecule has 1 fully saturated rings. The van der Waals surface area contributed by atoms with Gasteiger partial charge < -0.3 is 5.32 Å². The third-order valence-corrected chi connectivity index (χ3v) is 3.10. The van der Waals surface area contributed by atoms with Crippen LogP contribution in [0, 0.1) is 0 Å². The molecule has 0 aliphatic heterocycles. The summed E-state index contributed by atoms with van der Waals surface area (Å²) in [6, 6.07) is 2.11. The third kappa shape index (κ3) is 1.55. The number of aromatic amines is 1. The van der Waals surface area contributed by atoms with E-state index < -0.39 is 0 Å².